The summed E-state index contributed by atoms with van der Waals surface area (Å²) in [6.45, 7) is -1.47. The Morgan fingerprint density at radius 2 is 2.00 bits per heavy atom. The second-order valence-corrected chi connectivity index (χ2v) is 3.79. The van der Waals surface area contributed by atoms with Crippen LogP contribution in [0.4, 0.5) is 12.9 Å². The van der Waals surface area contributed by atoms with Gasteiger partial charge < -0.3 is 17.7 Å². The molecule has 2 nitrogen and oxygen atoms in total. The van der Waals surface area contributed by atoms with Gasteiger partial charge in [-0.2, -0.15) is 0 Å². The first-order chi connectivity index (χ1) is 5.89. The summed E-state index contributed by atoms with van der Waals surface area (Å²) in [7, 11) is 0. The van der Waals surface area contributed by atoms with Crippen LogP contribution in [0, 0.1) is 0 Å². The van der Waals surface area contributed by atoms with Crippen LogP contribution in [0.5, 0.6) is 5.19 Å². The van der Waals surface area contributed by atoms with Gasteiger partial charge in [0, 0.05) is 6.20 Å². The molecule has 8 heteroatoms. The number of hydrogen-bond donors (Lipinski definition) is 0. The zero-order valence-electron chi connectivity index (χ0n) is 8.13. The third kappa shape index (κ3) is 4.63. The van der Waals surface area contributed by atoms with Crippen LogP contribution in [0.15, 0.2) is 6.20 Å². The second kappa shape index (κ2) is 5.86. The van der Waals surface area contributed by atoms with Crippen LogP contribution in [0.2, 0.25) is 0 Å². The SMILES string of the molecule is CC(C)Oc1ncc([B-](F)(F)F)s1.[K+]. The van der Waals surface area contributed by atoms with Crippen molar-refractivity contribution in [3.8, 4) is 5.19 Å². The Morgan fingerprint density at radius 3 is 2.36 bits per heavy atom. The molecule has 0 aliphatic heterocycles. The summed E-state index contributed by atoms with van der Waals surface area (Å²) in [5, 5.41) is 0.0733. The predicted octanol–water partition coefficient (Wildman–Crippen LogP) is -1.01. The van der Waals surface area contributed by atoms with E-state index in [1.54, 1.807) is 13.8 Å². The Bertz CT molecular complexity index is 291. The van der Waals surface area contributed by atoms with Crippen molar-refractivity contribution in [1.29, 1.82) is 0 Å². The zero-order chi connectivity index (χ0) is 10.1. The van der Waals surface area contributed by atoms with Gasteiger partial charge in [-0.15, -0.1) is 11.3 Å². The predicted molar refractivity (Wildman–Crippen MR) is 46.6 cm³/mol. The molecule has 0 saturated carbocycles. The number of ether oxygens (including phenoxy) is 1. The van der Waals surface area contributed by atoms with Crippen molar-refractivity contribution >= 4 is 23.1 Å². The molecule has 0 saturated heterocycles. The van der Waals surface area contributed by atoms with Gasteiger partial charge in [0.1, 0.15) is 0 Å². The Balaban J connectivity index is 0.00000169. The van der Waals surface area contributed by atoms with E-state index in [4.69, 9.17) is 4.74 Å². The maximum atomic E-state index is 12.1. The molecule has 0 spiro atoms. The molecule has 0 fully saturated rings. The van der Waals surface area contributed by atoms with Crippen LogP contribution in [0.1, 0.15) is 13.8 Å². The summed E-state index contributed by atoms with van der Waals surface area (Å²) in [4.78, 5) is 3.51. The van der Waals surface area contributed by atoms with Gasteiger partial charge in [-0.1, -0.05) is 0 Å². The minimum atomic E-state index is -4.94. The summed E-state index contributed by atoms with van der Waals surface area (Å²) in [5.74, 6) is 0. The molecule has 0 aliphatic carbocycles. The van der Waals surface area contributed by atoms with E-state index in [9.17, 15) is 12.9 Å². The van der Waals surface area contributed by atoms with E-state index in [0.717, 1.165) is 6.20 Å². The van der Waals surface area contributed by atoms with E-state index in [1.165, 1.54) is 0 Å². The van der Waals surface area contributed by atoms with Crippen LogP contribution in [0.25, 0.3) is 0 Å². The number of rotatable bonds is 3. The molecule has 1 rings (SSSR count). The third-order valence-electron chi connectivity index (χ3n) is 1.16. The molecule has 0 atom stereocenters. The quantitative estimate of drug-likeness (QED) is 0.640. The van der Waals surface area contributed by atoms with Crippen LogP contribution in [-0.2, 0) is 0 Å². The average Bonchev–Trinajstić information content (AvgIpc) is 2.32. The van der Waals surface area contributed by atoms with Crippen molar-refractivity contribution in [1.82, 2.24) is 4.98 Å². The minimum absolute atomic E-state index is 0. The third-order valence-corrected chi connectivity index (χ3v) is 2.15. The number of aromatic nitrogens is 1. The molecule has 1 aromatic heterocycles. The zero-order valence-corrected chi connectivity index (χ0v) is 12.1. The number of halogens is 3. The van der Waals surface area contributed by atoms with Gasteiger partial charge in [-0.25, -0.2) is 4.98 Å². The number of hydrogen-bond acceptors (Lipinski definition) is 3. The molecule has 0 aliphatic rings. The fraction of sp³-hybridized carbons (Fsp3) is 0.500. The fourth-order valence-corrected chi connectivity index (χ4v) is 1.46. The van der Waals surface area contributed by atoms with Gasteiger partial charge >= 0.3 is 58.4 Å². The van der Waals surface area contributed by atoms with Gasteiger partial charge in [0.2, 0.25) is 0 Å². The molecule has 74 valence electrons. The van der Waals surface area contributed by atoms with E-state index in [1.807, 2.05) is 0 Å². The average molecular weight is 249 g/mol. The first-order valence-corrected chi connectivity index (χ1v) is 4.53. The fourth-order valence-electron chi connectivity index (χ4n) is 0.677. The van der Waals surface area contributed by atoms with Crippen molar-refractivity contribution in [2.45, 2.75) is 20.0 Å². The molecule has 0 amide bonds. The molecular formula is C6H8BF3KNOS. The van der Waals surface area contributed by atoms with Crippen LogP contribution in [-0.4, -0.2) is 18.1 Å². The van der Waals surface area contributed by atoms with Gasteiger partial charge in [0.15, 0.2) is 0 Å². The van der Waals surface area contributed by atoms with Gasteiger partial charge in [0.05, 0.1) is 6.10 Å². The van der Waals surface area contributed by atoms with Gasteiger partial charge in [0.25, 0.3) is 5.19 Å². The maximum absolute atomic E-state index is 12.1. The van der Waals surface area contributed by atoms with Crippen LogP contribution >= 0.6 is 11.3 Å². The van der Waals surface area contributed by atoms with Crippen molar-refractivity contribution < 1.29 is 69.1 Å². The maximum Gasteiger partial charge on any atom is 1.00 e. The smallest absolute Gasteiger partial charge is 0.467 e. The largest absolute Gasteiger partial charge is 1.00 e. The Kier molecular flexibility index (Phi) is 6.24. The standard InChI is InChI=1S/C6H8BF3NOS.K/c1-4(2)12-6-11-3-5(13-6)7(8,9)10;/h3-4H,1-2H3;/q-1;+1. The molecular weight excluding hydrogens is 241 g/mol. The summed E-state index contributed by atoms with van der Waals surface area (Å²) in [6, 6.07) is 0. The molecule has 0 bridgehead atoms. The molecule has 0 aromatic carbocycles. The summed E-state index contributed by atoms with van der Waals surface area (Å²) < 4.78 is 40.7. The van der Waals surface area contributed by atoms with Crippen molar-refractivity contribution in [3.63, 3.8) is 0 Å². The van der Waals surface area contributed by atoms with E-state index < -0.39 is 11.8 Å². The topological polar surface area (TPSA) is 22.1 Å². The van der Waals surface area contributed by atoms with E-state index in [2.05, 4.69) is 4.98 Å². The first kappa shape index (κ1) is 14.9. The molecule has 0 unspecified atom stereocenters. The molecule has 0 radical (unpaired) electrons. The van der Waals surface area contributed by atoms with E-state index in [0.29, 0.717) is 11.3 Å². The molecule has 14 heavy (non-hydrogen) atoms. The molecule has 0 N–H and O–H groups in total. The second-order valence-electron chi connectivity index (χ2n) is 2.77. The Hall–Kier alpha value is 0.921. The number of nitrogens with zero attached hydrogens (tertiary/aromatic N) is 1. The minimum Gasteiger partial charge on any atom is -0.467 e. The van der Waals surface area contributed by atoms with Crippen LogP contribution in [0.3, 0.4) is 0 Å². The van der Waals surface area contributed by atoms with E-state index in [-0.39, 0.29) is 62.7 Å². The Morgan fingerprint density at radius 1 is 1.43 bits per heavy atom. The van der Waals surface area contributed by atoms with Crippen molar-refractivity contribution in [2.75, 3.05) is 0 Å². The molecule has 1 heterocycles. The van der Waals surface area contributed by atoms with Crippen LogP contribution < -0.4 is 60.9 Å². The van der Waals surface area contributed by atoms with Crippen molar-refractivity contribution in [3.05, 3.63) is 6.20 Å². The Labute approximate surface area is 127 Å². The summed E-state index contributed by atoms with van der Waals surface area (Å²) in [6.07, 6.45) is 0.655. The number of thiazole rings is 1. The van der Waals surface area contributed by atoms with E-state index >= 15 is 0 Å². The summed E-state index contributed by atoms with van der Waals surface area (Å²) >= 11 is 0.538. The normalized spacial score (nSPS) is 11.3. The van der Waals surface area contributed by atoms with Gasteiger partial charge in [-0.3, -0.25) is 0 Å². The molecule has 1 aromatic rings. The monoisotopic (exact) mass is 249 g/mol. The van der Waals surface area contributed by atoms with Gasteiger partial charge in [-0.05, 0) is 18.6 Å². The summed E-state index contributed by atoms with van der Waals surface area (Å²) in [5.41, 5.74) is 0. The first-order valence-electron chi connectivity index (χ1n) is 3.72. The van der Waals surface area contributed by atoms with Crippen molar-refractivity contribution in [2.24, 2.45) is 0 Å².